The topological polar surface area (TPSA) is 49.4 Å². The van der Waals surface area contributed by atoms with Crippen LogP contribution in [0.2, 0.25) is 0 Å². The van der Waals surface area contributed by atoms with Gasteiger partial charge in [0.1, 0.15) is 11.6 Å². The standard InChI is InChI=1S/C15H26N2O2/c1-6-9-10-17-12(11(4)7-2)13(18)16-15(5,8-3)14(17)19/h6,9,11-12H,7-8,10H2,1-5H3,(H,16,18)/b9-6+. The number of nitrogens with zero attached hydrogens (tertiary/aromatic N) is 1. The van der Waals surface area contributed by atoms with Crippen molar-refractivity contribution >= 4 is 11.8 Å². The fourth-order valence-electron chi connectivity index (χ4n) is 2.43. The Hall–Kier alpha value is -1.32. The largest absolute Gasteiger partial charge is 0.340 e. The first-order valence-corrected chi connectivity index (χ1v) is 7.15. The van der Waals surface area contributed by atoms with Crippen LogP contribution in [0.15, 0.2) is 12.2 Å². The Morgan fingerprint density at radius 2 is 2.05 bits per heavy atom. The maximum atomic E-state index is 12.6. The van der Waals surface area contributed by atoms with Crippen molar-refractivity contribution in [3.05, 3.63) is 12.2 Å². The molecule has 0 saturated carbocycles. The van der Waals surface area contributed by atoms with Gasteiger partial charge in [-0.25, -0.2) is 0 Å². The van der Waals surface area contributed by atoms with Gasteiger partial charge in [-0.05, 0) is 26.2 Å². The van der Waals surface area contributed by atoms with E-state index in [0.717, 1.165) is 6.42 Å². The van der Waals surface area contributed by atoms with E-state index in [-0.39, 0.29) is 23.8 Å². The molecule has 4 heteroatoms. The van der Waals surface area contributed by atoms with Crippen LogP contribution in [-0.2, 0) is 9.59 Å². The minimum atomic E-state index is -0.761. The lowest BCUT2D eigenvalue weighted by molar-refractivity contribution is -0.155. The Morgan fingerprint density at radius 3 is 2.53 bits per heavy atom. The second-order valence-corrected chi connectivity index (χ2v) is 5.53. The van der Waals surface area contributed by atoms with E-state index in [0.29, 0.717) is 13.0 Å². The van der Waals surface area contributed by atoms with Crippen LogP contribution >= 0.6 is 0 Å². The summed E-state index contributed by atoms with van der Waals surface area (Å²) in [6.45, 7) is 10.2. The van der Waals surface area contributed by atoms with Gasteiger partial charge in [0.05, 0.1) is 0 Å². The molecule has 1 saturated heterocycles. The van der Waals surface area contributed by atoms with E-state index in [9.17, 15) is 9.59 Å². The Balaban J connectivity index is 3.10. The van der Waals surface area contributed by atoms with E-state index in [2.05, 4.69) is 5.32 Å². The number of carbonyl (C=O) groups is 2. The summed E-state index contributed by atoms with van der Waals surface area (Å²) >= 11 is 0. The fourth-order valence-corrected chi connectivity index (χ4v) is 2.43. The summed E-state index contributed by atoms with van der Waals surface area (Å²) in [6.07, 6.45) is 5.33. The summed E-state index contributed by atoms with van der Waals surface area (Å²) in [4.78, 5) is 26.7. The fraction of sp³-hybridized carbons (Fsp3) is 0.733. The van der Waals surface area contributed by atoms with Gasteiger partial charge in [0.15, 0.2) is 0 Å². The quantitative estimate of drug-likeness (QED) is 0.775. The lowest BCUT2D eigenvalue weighted by Crippen LogP contribution is -2.70. The molecule has 1 N–H and O–H groups in total. The number of rotatable bonds is 5. The van der Waals surface area contributed by atoms with Gasteiger partial charge < -0.3 is 10.2 Å². The molecule has 3 atom stereocenters. The molecule has 2 amide bonds. The van der Waals surface area contributed by atoms with Crippen molar-refractivity contribution in [2.75, 3.05) is 6.54 Å². The SMILES string of the molecule is C/C=C/CN1C(=O)C(C)(CC)NC(=O)C1C(C)CC. The van der Waals surface area contributed by atoms with Gasteiger partial charge in [-0.15, -0.1) is 0 Å². The molecule has 1 rings (SSSR count). The number of carbonyl (C=O) groups excluding carboxylic acids is 2. The van der Waals surface area contributed by atoms with E-state index in [4.69, 9.17) is 0 Å². The van der Waals surface area contributed by atoms with Crippen molar-refractivity contribution in [1.82, 2.24) is 10.2 Å². The van der Waals surface area contributed by atoms with Crippen molar-refractivity contribution in [3.63, 3.8) is 0 Å². The van der Waals surface area contributed by atoms with E-state index in [1.54, 1.807) is 4.90 Å². The molecule has 19 heavy (non-hydrogen) atoms. The maximum Gasteiger partial charge on any atom is 0.248 e. The highest BCUT2D eigenvalue weighted by atomic mass is 16.2. The van der Waals surface area contributed by atoms with Gasteiger partial charge in [0, 0.05) is 6.54 Å². The molecular formula is C15H26N2O2. The molecule has 1 fully saturated rings. The highest BCUT2D eigenvalue weighted by Crippen LogP contribution is 2.26. The monoisotopic (exact) mass is 266 g/mol. The number of nitrogens with one attached hydrogen (secondary N) is 1. The van der Waals surface area contributed by atoms with Crippen LogP contribution in [0.1, 0.15) is 47.5 Å². The van der Waals surface area contributed by atoms with Crippen LogP contribution in [0.5, 0.6) is 0 Å². The summed E-state index contributed by atoms with van der Waals surface area (Å²) in [7, 11) is 0. The number of hydrogen-bond donors (Lipinski definition) is 1. The normalized spacial score (nSPS) is 29.7. The Morgan fingerprint density at radius 1 is 1.42 bits per heavy atom. The van der Waals surface area contributed by atoms with E-state index in [1.165, 1.54) is 0 Å². The van der Waals surface area contributed by atoms with Crippen molar-refractivity contribution in [2.24, 2.45) is 5.92 Å². The zero-order valence-corrected chi connectivity index (χ0v) is 12.7. The third-order valence-electron chi connectivity index (χ3n) is 4.16. The Labute approximate surface area is 116 Å². The van der Waals surface area contributed by atoms with Crippen LogP contribution < -0.4 is 5.32 Å². The van der Waals surface area contributed by atoms with Crippen molar-refractivity contribution in [1.29, 1.82) is 0 Å². The first kappa shape index (κ1) is 15.7. The van der Waals surface area contributed by atoms with Gasteiger partial charge in [0.25, 0.3) is 0 Å². The minimum absolute atomic E-state index is 0.0252. The Bertz CT molecular complexity index is 378. The van der Waals surface area contributed by atoms with Crippen molar-refractivity contribution in [3.8, 4) is 0 Å². The van der Waals surface area contributed by atoms with Crippen LogP contribution in [0, 0.1) is 5.92 Å². The third-order valence-corrected chi connectivity index (χ3v) is 4.16. The zero-order valence-electron chi connectivity index (χ0n) is 12.7. The second-order valence-electron chi connectivity index (χ2n) is 5.53. The van der Waals surface area contributed by atoms with Gasteiger partial charge in [-0.1, -0.05) is 39.3 Å². The molecule has 0 spiro atoms. The number of amides is 2. The van der Waals surface area contributed by atoms with Crippen molar-refractivity contribution < 1.29 is 9.59 Å². The number of hydrogen-bond acceptors (Lipinski definition) is 2. The highest BCUT2D eigenvalue weighted by Gasteiger charge is 2.47. The van der Waals surface area contributed by atoms with E-state index >= 15 is 0 Å². The molecular weight excluding hydrogens is 240 g/mol. The molecule has 1 heterocycles. The number of allylic oxidation sites excluding steroid dienone is 1. The van der Waals surface area contributed by atoms with Gasteiger partial charge >= 0.3 is 0 Å². The molecule has 3 unspecified atom stereocenters. The van der Waals surface area contributed by atoms with Crippen LogP contribution in [0.4, 0.5) is 0 Å². The molecule has 1 aliphatic rings. The molecule has 108 valence electrons. The second kappa shape index (κ2) is 6.22. The highest BCUT2D eigenvalue weighted by molar-refractivity contribution is 5.99. The van der Waals surface area contributed by atoms with Gasteiger partial charge in [0.2, 0.25) is 11.8 Å². The van der Waals surface area contributed by atoms with E-state index in [1.807, 2.05) is 46.8 Å². The summed E-state index contributed by atoms with van der Waals surface area (Å²) in [5.74, 6) is 0.163. The maximum absolute atomic E-state index is 12.6. The molecule has 4 nitrogen and oxygen atoms in total. The van der Waals surface area contributed by atoms with Crippen molar-refractivity contribution in [2.45, 2.75) is 59.0 Å². The average Bonchev–Trinajstić information content (AvgIpc) is 2.40. The van der Waals surface area contributed by atoms with Crippen LogP contribution in [0.25, 0.3) is 0 Å². The molecule has 0 aromatic rings. The summed E-state index contributed by atoms with van der Waals surface area (Å²) < 4.78 is 0. The Kier molecular flexibility index (Phi) is 5.15. The third kappa shape index (κ3) is 2.99. The van der Waals surface area contributed by atoms with Crippen LogP contribution in [0.3, 0.4) is 0 Å². The van der Waals surface area contributed by atoms with Crippen LogP contribution in [-0.4, -0.2) is 34.8 Å². The van der Waals surface area contributed by atoms with Gasteiger partial charge in [-0.3, -0.25) is 9.59 Å². The first-order valence-electron chi connectivity index (χ1n) is 7.15. The minimum Gasteiger partial charge on any atom is -0.340 e. The summed E-state index contributed by atoms with van der Waals surface area (Å²) in [5.41, 5.74) is -0.761. The molecule has 0 bridgehead atoms. The smallest absolute Gasteiger partial charge is 0.248 e. The summed E-state index contributed by atoms with van der Waals surface area (Å²) in [5, 5.41) is 2.91. The number of piperazine rings is 1. The molecule has 1 aliphatic heterocycles. The van der Waals surface area contributed by atoms with Gasteiger partial charge in [-0.2, -0.15) is 0 Å². The average molecular weight is 266 g/mol. The lowest BCUT2D eigenvalue weighted by atomic mass is 9.87. The predicted octanol–water partition coefficient (Wildman–Crippen LogP) is 2.10. The molecule has 0 aromatic carbocycles. The predicted molar refractivity (Wildman–Crippen MR) is 76.6 cm³/mol. The van der Waals surface area contributed by atoms with E-state index < -0.39 is 5.54 Å². The molecule has 0 aliphatic carbocycles. The first-order chi connectivity index (χ1) is 8.91. The molecule has 0 radical (unpaired) electrons. The molecule has 0 aromatic heterocycles. The summed E-state index contributed by atoms with van der Waals surface area (Å²) in [6, 6.07) is -0.353. The zero-order chi connectivity index (χ0) is 14.6. The lowest BCUT2D eigenvalue weighted by Gasteiger charge is -2.45.